The Morgan fingerprint density at radius 3 is 2.53 bits per heavy atom. The van der Waals surface area contributed by atoms with Crippen molar-refractivity contribution in [1.29, 1.82) is 0 Å². The van der Waals surface area contributed by atoms with Crippen LogP contribution in [0.2, 0.25) is 0 Å². The van der Waals surface area contributed by atoms with Gasteiger partial charge in [-0.1, -0.05) is 47.7 Å². The highest BCUT2D eigenvalue weighted by Crippen LogP contribution is 2.25. The van der Waals surface area contributed by atoms with E-state index in [1.54, 1.807) is 11.3 Å². The Kier molecular flexibility index (Phi) is 6.93. The third-order valence-corrected chi connectivity index (χ3v) is 7.69. The molecular weight excluding hydrogens is 436 g/mol. The summed E-state index contributed by atoms with van der Waals surface area (Å²) in [5.74, 6) is 0. The average molecular weight is 465 g/mol. The third kappa shape index (κ3) is 5.27. The van der Waals surface area contributed by atoms with Crippen molar-refractivity contribution in [2.45, 2.75) is 19.5 Å². The summed E-state index contributed by atoms with van der Waals surface area (Å²) in [7, 11) is 0. The quantitative estimate of drug-likeness (QED) is 0.379. The molecule has 166 valence electrons. The molecule has 1 aliphatic rings. The Hall–Kier alpha value is -2.52. The zero-order chi connectivity index (χ0) is 21.6. The number of anilines is 1. The van der Waals surface area contributed by atoms with Crippen LogP contribution in [-0.2, 0) is 19.5 Å². The van der Waals surface area contributed by atoms with E-state index in [1.165, 1.54) is 16.1 Å². The number of piperazine rings is 1. The fraction of sp³-hybridized carbons (Fsp3) is 0.333. The lowest BCUT2D eigenvalue weighted by Gasteiger charge is -2.34. The van der Waals surface area contributed by atoms with Crippen LogP contribution in [0.3, 0.4) is 0 Å². The third-order valence-electron chi connectivity index (χ3n) is 5.77. The van der Waals surface area contributed by atoms with Gasteiger partial charge in [-0.3, -0.25) is 9.47 Å². The standard InChI is InChI=1S/C24H28N6S2/c1-2-6-20(7-3-1)19-28-13-15-29(16-14-28)23-26-27-24(32-23)30-12-4-8-21(30)18-25-11-10-22-9-5-17-31-22/h1-9,12,17,25H,10-11,13-16,18-19H2. The lowest BCUT2D eigenvalue weighted by atomic mass is 10.2. The molecule has 6 nitrogen and oxygen atoms in total. The monoisotopic (exact) mass is 464 g/mol. The first kappa shape index (κ1) is 21.3. The molecule has 0 spiro atoms. The molecule has 1 fully saturated rings. The summed E-state index contributed by atoms with van der Waals surface area (Å²) in [5, 5.41) is 16.7. The zero-order valence-corrected chi connectivity index (χ0v) is 19.7. The maximum Gasteiger partial charge on any atom is 0.218 e. The van der Waals surface area contributed by atoms with Gasteiger partial charge in [0.15, 0.2) is 0 Å². The Balaban J connectivity index is 1.14. The normalized spacial score (nSPS) is 14.8. The number of nitrogens with zero attached hydrogens (tertiary/aromatic N) is 5. The minimum Gasteiger partial charge on any atom is -0.344 e. The van der Waals surface area contributed by atoms with Gasteiger partial charge >= 0.3 is 0 Å². The van der Waals surface area contributed by atoms with Crippen molar-refractivity contribution in [2.75, 3.05) is 37.6 Å². The molecule has 4 aromatic rings. The molecule has 8 heteroatoms. The average Bonchev–Trinajstić information content (AvgIpc) is 3.60. The van der Waals surface area contributed by atoms with Crippen LogP contribution in [0.5, 0.6) is 0 Å². The SMILES string of the molecule is c1ccc(CN2CCN(c3nnc(-n4cccc4CNCCc4cccs4)s3)CC2)cc1. The molecule has 4 heterocycles. The van der Waals surface area contributed by atoms with Gasteiger partial charge in [-0.25, -0.2) is 0 Å². The molecule has 0 bridgehead atoms. The molecule has 0 radical (unpaired) electrons. The number of hydrogen-bond acceptors (Lipinski definition) is 7. The first-order valence-corrected chi connectivity index (χ1v) is 12.8. The summed E-state index contributed by atoms with van der Waals surface area (Å²) in [6.07, 6.45) is 3.15. The fourth-order valence-corrected chi connectivity index (χ4v) is 5.63. The van der Waals surface area contributed by atoms with E-state index in [0.29, 0.717) is 0 Å². The highest BCUT2D eigenvalue weighted by molar-refractivity contribution is 7.17. The van der Waals surface area contributed by atoms with E-state index in [2.05, 4.69) is 96.1 Å². The van der Waals surface area contributed by atoms with Gasteiger partial charge in [0, 0.05) is 62.6 Å². The van der Waals surface area contributed by atoms with Crippen LogP contribution in [0.1, 0.15) is 16.1 Å². The van der Waals surface area contributed by atoms with E-state index in [1.807, 2.05) is 11.3 Å². The highest BCUT2D eigenvalue weighted by atomic mass is 32.1. The number of nitrogens with one attached hydrogen (secondary N) is 1. The van der Waals surface area contributed by atoms with Gasteiger partial charge in [-0.15, -0.1) is 21.5 Å². The minimum absolute atomic E-state index is 0.825. The molecular formula is C24H28N6S2. The van der Waals surface area contributed by atoms with Crippen molar-refractivity contribution in [2.24, 2.45) is 0 Å². The van der Waals surface area contributed by atoms with Gasteiger partial charge in [0.1, 0.15) is 0 Å². The summed E-state index contributed by atoms with van der Waals surface area (Å²) in [6.45, 7) is 6.89. The van der Waals surface area contributed by atoms with Gasteiger partial charge in [0.2, 0.25) is 10.3 Å². The van der Waals surface area contributed by atoms with Gasteiger partial charge in [0.25, 0.3) is 0 Å². The molecule has 1 saturated heterocycles. The largest absolute Gasteiger partial charge is 0.344 e. The number of benzene rings is 1. The van der Waals surface area contributed by atoms with Crippen LogP contribution in [0, 0.1) is 0 Å². The van der Waals surface area contributed by atoms with Gasteiger partial charge in [-0.2, -0.15) is 0 Å². The maximum atomic E-state index is 4.51. The number of hydrogen-bond donors (Lipinski definition) is 1. The predicted octanol–water partition coefficient (Wildman–Crippen LogP) is 4.04. The zero-order valence-electron chi connectivity index (χ0n) is 18.1. The summed E-state index contributed by atoms with van der Waals surface area (Å²) < 4.78 is 2.16. The maximum absolute atomic E-state index is 4.51. The second kappa shape index (κ2) is 10.4. The topological polar surface area (TPSA) is 49.2 Å². The van der Waals surface area contributed by atoms with Gasteiger partial charge in [0.05, 0.1) is 0 Å². The molecule has 1 N–H and O–H groups in total. The summed E-state index contributed by atoms with van der Waals surface area (Å²) >= 11 is 3.49. The number of thiophene rings is 1. The van der Waals surface area contributed by atoms with Crippen LogP contribution >= 0.6 is 22.7 Å². The Bertz CT molecular complexity index is 1080. The first-order chi connectivity index (χ1) is 15.8. The summed E-state index contributed by atoms with van der Waals surface area (Å²) in [6, 6.07) is 19.3. The van der Waals surface area contributed by atoms with Crippen LogP contribution in [0.15, 0.2) is 66.2 Å². The van der Waals surface area contributed by atoms with Crippen molar-refractivity contribution in [1.82, 2.24) is 25.0 Å². The Morgan fingerprint density at radius 2 is 1.72 bits per heavy atom. The van der Waals surface area contributed by atoms with Crippen molar-refractivity contribution >= 4 is 27.8 Å². The van der Waals surface area contributed by atoms with Gasteiger partial charge in [-0.05, 0) is 35.6 Å². The first-order valence-electron chi connectivity index (χ1n) is 11.1. The van der Waals surface area contributed by atoms with E-state index < -0.39 is 0 Å². The molecule has 0 unspecified atom stereocenters. The molecule has 0 atom stereocenters. The molecule has 0 aliphatic carbocycles. The number of aromatic nitrogens is 3. The Morgan fingerprint density at radius 1 is 0.875 bits per heavy atom. The van der Waals surface area contributed by atoms with Crippen LogP contribution in [-0.4, -0.2) is 52.4 Å². The summed E-state index contributed by atoms with van der Waals surface area (Å²) in [4.78, 5) is 6.30. The van der Waals surface area contributed by atoms with Crippen molar-refractivity contribution in [3.8, 4) is 5.13 Å². The van der Waals surface area contributed by atoms with Crippen molar-refractivity contribution in [3.63, 3.8) is 0 Å². The van der Waals surface area contributed by atoms with Crippen LogP contribution < -0.4 is 10.2 Å². The molecule has 3 aromatic heterocycles. The van der Waals surface area contributed by atoms with E-state index in [0.717, 1.165) is 62.5 Å². The van der Waals surface area contributed by atoms with Crippen LogP contribution in [0.25, 0.3) is 5.13 Å². The highest BCUT2D eigenvalue weighted by Gasteiger charge is 2.21. The van der Waals surface area contributed by atoms with E-state index >= 15 is 0 Å². The Labute approximate surface area is 197 Å². The number of rotatable bonds is 9. The van der Waals surface area contributed by atoms with E-state index in [4.69, 9.17) is 0 Å². The lowest BCUT2D eigenvalue weighted by molar-refractivity contribution is 0.249. The predicted molar refractivity (Wildman–Crippen MR) is 133 cm³/mol. The van der Waals surface area contributed by atoms with Crippen molar-refractivity contribution < 1.29 is 0 Å². The lowest BCUT2D eigenvalue weighted by Crippen LogP contribution is -2.45. The fourth-order valence-electron chi connectivity index (χ4n) is 4.00. The smallest absolute Gasteiger partial charge is 0.218 e. The van der Waals surface area contributed by atoms with Crippen LogP contribution in [0.4, 0.5) is 5.13 Å². The molecule has 5 rings (SSSR count). The van der Waals surface area contributed by atoms with E-state index in [9.17, 15) is 0 Å². The van der Waals surface area contributed by atoms with Gasteiger partial charge < -0.3 is 10.2 Å². The molecule has 1 aliphatic heterocycles. The molecule has 0 amide bonds. The molecule has 32 heavy (non-hydrogen) atoms. The second-order valence-corrected chi connectivity index (χ2v) is 9.96. The minimum atomic E-state index is 0.825. The molecule has 1 aromatic carbocycles. The summed E-state index contributed by atoms with van der Waals surface area (Å²) in [5.41, 5.74) is 2.59. The molecule has 0 saturated carbocycles. The van der Waals surface area contributed by atoms with E-state index in [-0.39, 0.29) is 0 Å². The van der Waals surface area contributed by atoms with Crippen molar-refractivity contribution in [3.05, 3.63) is 82.3 Å². The second-order valence-electron chi connectivity index (χ2n) is 7.99.